The molecule has 0 atom stereocenters. The van der Waals surface area contributed by atoms with Crippen LogP contribution in [0.15, 0.2) is 72.5 Å². The number of hydrogen-bond acceptors (Lipinski definition) is 5. The summed E-state index contributed by atoms with van der Waals surface area (Å²) in [5.41, 5.74) is 0.536. The summed E-state index contributed by atoms with van der Waals surface area (Å²) in [6, 6.07) is 17.6. The quantitative estimate of drug-likeness (QED) is 0.0965. The number of fused-ring (bicyclic) bond motifs is 3. The van der Waals surface area contributed by atoms with Crippen molar-refractivity contribution < 1.29 is 43.2 Å². The zero-order valence-corrected chi connectivity index (χ0v) is 26.8. The van der Waals surface area contributed by atoms with Crippen molar-refractivity contribution in [1.82, 2.24) is 20.2 Å². The van der Waals surface area contributed by atoms with Crippen LogP contribution >= 0.6 is 0 Å². The molecule has 0 aliphatic heterocycles. The fourth-order valence-corrected chi connectivity index (χ4v) is 5.01. The van der Waals surface area contributed by atoms with Gasteiger partial charge in [0.15, 0.2) is 11.5 Å². The van der Waals surface area contributed by atoms with Crippen molar-refractivity contribution in [3.63, 3.8) is 0 Å². The fraction of sp³-hybridized carbons (Fsp3) is 0.333. The molecule has 3 aromatic carbocycles. The van der Waals surface area contributed by atoms with Crippen molar-refractivity contribution in [1.29, 1.82) is 0 Å². The zero-order chi connectivity index (χ0) is 30.4. The maximum Gasteiger partial charge on any atom is 0.435 e. The molecular weight excluding hydrogens is 734 g/mol. The molecule has 0 unspecified atom stereocenters. The Morgan fingerprint density at radius 2 is 1.42 bits per heavy atom. The number of aliphatic hydroxyl groups is 1. The van der Waals surface area contributed by atoms with E-state index in [0.717, 1.165) is 31.1 Å². The smallest absolute Gasteiger partial charge is 0.435 e. The first-order valence-corrected chi connectivity index (χ1v) is 14.2. The Morgan fingerprint density at radius 3 is 1.98 bits per heavy atom. The van der Waals surface area contributed by atoms with Gasteiger partial charge in [0, 0.05) is 48.8 Å². The van der Waals surface area contributed by atoms with Gasteiger partial charge in [-0.1, -0.05) is 76.2 Å². The molecule has 2 aromatic heterocycles. The van der Waals surface area contributed by atoms with Crippen molar-refractivity contribution in [2.45, 2.75) is 59.6 Å². The number of ketones is 1. The molecule has 229 valence electrons. The van der Waals surface area contributed by atoms with Gasteiger partial charge in [0.25, 0.3) is 0 Å². The van der Waals surface area contributed by atoms with Crippen molar-refractivity contribution in [3.05, 3.63) is 78.2 Å². The molecule has 0 aliphatic rings. The number of para-hydroxylation sites is 2. The first kappa shape index (κ1) is 33.9. The molecule has 6 nitrogen and oxygen atoms in total. The summed E-state index contributed by atoms with van der Waals surface area (Å²) in [4.78, 5) is 20.5. The topological polar surface area (TPSA) is 90.1 Å². The Kier molecular flexibility index (Phi) is 11.6. The van der Waals surface area contributed by atoms with Gasteiger partial charge in [0.2, 0.25) is 0 Å². The molecule has 2 heterocycles. The fourth-order valence-electron chi connectivity index (χ4n) is 5.01. The van der Waals surface area contributed by atoms with E-state index < -0.39 is 11.9 Å². The van der Waals surface area contributed by atoms with Crippen molar-refractivity contribution in [2.75, 3.05) is 0 Å². The number of rotatable bonds is 8. The number of alkyl halides is 3. The van der Waals surface area contributed by atoms with Gasteiger partial charge in [0.1, 0.15) is 0 Å². The number of carbonyl (C=O) groups excluding carboxylic acids is 1. The van der Waals surface area contributed by atoms with Gasteiger partial charge < -0.3 is 15.1 Å². The van der Waals surface area contributed by atoms with Crippen LogP contribution in [0.2, 0.25) is 0 Å². The Bertz CT molecular complexity index is 1690. The van der Waals surface area contributed by atoms with Crippen LogP contribution in [0.5, 0.6) is 0 Å². The number of carbonyl (C=O) groups is 1. The molecule has 1 radical (unpaired) electrons. The minimum absolute atomic E-state index is 0. The van der Waals surface area contributed by atoms with Gasteiger partial charge in [0.05, 0.1) is 11.5 Å². The summed E-state index contributed by atoms with van der Waals surface area (Å²) in [7, 11) is 0. The van der Waals surface area contributed by atoms with Gasteiger partial charge in [-0.2, -0.15) is 18.3 Å². The van der Waals surface area contributed by atoms with Gasteiger partial charge in [-0.05, 0) is 65.4 Å². The number of hydrogen-bond donors (Lipinski definition) is 1. The number of allylic oxidation sites excluding steroid dienone is 2. The second-order valence-corrected chi connectivity index (χ2v) is 10.2. The van der Waals surface area contributed by atoms with E-state index in [0.29, 0.717) is 21.8 Å². The molecule has 43 heavy (non-hydrogen) atoms. The van der Waals surface area contributed by atoms with Crippen molar-refractivity contribution in [3.8, 4) is 11.5 Å². The van der Waals surface area contributed by atoms with Crippen molar-refractivity contribution >= 4 is 38.4 Å². The Balaban J connectivity index is 0.000000274. The summed E-state index contributed by atoms with van der Waals surface area (Å²) in [6.07, 6.45) is 0.299. The number of benzene rings is 3. The van der Waals surface area contributed by atoms with E-state index in [1.165, 1.54) is 12.1 Å². The van der Waals surface area contributed by atoms with Gasteiger partial charge in [-0.3, -0.25) is 4.79 Å². The van der Waals surface area contributed by atoms with E-state index in [9.17, 15) is 23.1 Å². The van der Waals surface area contributed by atoms with Gasteiger partial charge in [-0.25, -0.2) is 0 Å². The average molecular weight is 768 g/mol. The summed E-state index contributed by atoms with van der Waals surface area (Å²) < 4.78 is 40.5. The van der Waals surface area contributed by atoms with E-state index >= 15 is 0 Å². The summed E-state index contributed by atoms with van der Waals surface area (Å²) in [5.74, 6) is 0.809. The number of aromatic nitrogens is 4. The van der Waals surface area contributed by atoms with E-state index in [1.54, 1.807) is 30.3 Å². The molecule has 10 heteroatoms. The predicted octanol–water partition coefficient (Wildman–Crippen LogP) is 8.84. The first-order chi connectivity index (χ1) is 20.1. The largest absolute Gasteiger partial charge is 0.512 e. The second kappa shape index (κ2) is 14.7. The summed E-state index contributed by atoms with van der Waals surface area (Å²) >= 11 is 0. The molecule has 1 N–H and O–H groups in total. The SMILES string of the molecule is CCC(CC)C(=O)/C=C(\O)C(CC)CC.FC(F)(F)c1nnc(-c2nc3ccccc3[n-]2)c2cc3ccccc3cc12.[Ir]. The van der Waals surface area contributed by atoms with Crippen molar-refractivity contribution in [2.24, 2.45) is 11.8 Å². The molecule has 0 saturated heterocycles. The third-order valence-corrected chi connectivity index (χ3v) is 7.54. The van der Waals surface area contributed by atoms with Crippen LogP contribution < -0.4 is 4.98 Å². The number of aliphatic hydroxyl groups excluding tert-OH is 1. The third kappa shape index (κ3) is 7.67. The maximum absolute atomic E-state index is 13.5. The maximum atomic E-state index is 13.5. The van der Waals surface area contributed by atoms with Crippen LogP contribution in [0.1, 0.15) is 59.1 Å². The van der Waals surface area contributed by atoms with Crippen LogP contribution in [-0.4, -0.2) is 26.1 Å². The monoisotopic (exact) mass is 768 g/mol. The Hall–Kier alpha value is -3.62. The average Bonchev–Trinajstić information content (AvgIpc) is 3.41. The Labute approximate surface area is 262 Å². The minimum atomic E-state index is -4.61. The molecule has 0 fully saturated rings. The number of nitrogens with zero attached hydrogens (tertiary/aromatic N) is 4. The standard InChI is InChI=1S/C20H10F3N4.C13H24O2.Ir/c21-20(22,23)18-14-10-12-6-2-1-5-11(12)9-13(14)17(26-27-18)19-24-15-7-3-4-8-16(15)25-19;1-5-10(6-2)12(14)9-13(15)11(7-3)8-4;/h1-10H;9-11,14H,5-8H2,1-4H3;/q-1;;/b;12-9-;. The van der Waals surface area contributed by atoms with Gasteiger partial charge in [-0.15, -0.1) is 5.10 Å². The summed E-state index contributed by atoms with van der Waals surface area (Å²) in [5, 5.41) is 18.9. The Morgan fingerprint density at radius 1 is 0.860 bits per heavy atom. The first-order valence-electron chi connectivity index (χ1n) is 14.2. The molecule has 0 bridgehead atoms. The van der Waals surface area contributed by atoms with Crippen LogP contribution in [0.4, 0.5) is 13.2 Å². The third-order valence-electron chi connectivity index (χ3n) is 7.54. The normalized spacial score (nSPS) is 12.1. The zero-order valence-electron chi connectivity index (χ0n) is 24.4. The molecular formula is C33H34F3IrN4O2-. The van der Waals surface area contributed by atoms with Crippen LogP contribution in [0.25, 0.3) is 44.1 Å². The van der Waals surface area contributed by atoms with E-state index in [1.807, 2.05) is 52.0 Å². The van der Waals surface area contributed by atoms with E-state index in [2.05, 4.69) is 20.2 Å². The van der Waals surface area contributed by atoms with E-state index in [-0.39, 0.29) is 60.4 Å². The molecule has 0 aliphatic carbocycles. The molecule has 0 spiro atoms. The second-order valence-electron chi connectivity index (χ2n) is 10.2. The van der Waals surface area contributed by atoms with Crippen LogP contribution in [0, 0.1) is 11.8 Å². The molecule has 5 rings (SSSR count). The summed E-state index contributed by atoms with van der Waals surface area (Å²) in [6.45, 7) is 8.07. The number of halogens is 3. The molecule has 0 saturated carbocycles. The predicted molar refractivity (Wildman–Crippen MR) is 160 cm³/mol. The van der Waals surface area contributed by atoms with Crippen LogP contribution in [-0.2, 0) is 31.1 Å². The van der Waals surface area contributed by atoms with E-state index in [4.69, 9.17) is 0 Å². The van der Waals surface area contributed by atoms with Gasteiger partial charge >= 0.3 is 6.18 Å². The molecule has 0 amide bonds. The van der Waals surface area contributed by atoms with Crippen LogP contribution in [0.3, 0.4) is 0 Å². The molecule has 5 aromatic rings. The minimum Gasteiger partial charge on any atom is -0.512 e. The number of imidazole rings is 1.